The fraction of sp³-hybridized carbons (Fsp3) is 0.100. The summed E-state index contributed by atoms with van der Waals surface area (Å²) in [5.74, 6) is 1.09. The Morgan fingerprint density at radius 1 is 0.960 bits per heavy atom. The normalized spacial score (nSPS) is 10.9. The largest absolute Gasteiger partial charge is 0.383 e. The molecule has 0 atom stereocenters. The van der Waals surface area contributed by atoms with Crippen LogP contribution in [0.3, 0.4) is 0 Å². The zero-order chi connectivity index (χ0) is 17.1. The highest BCUT2D eigenvalue weighted by Gasteiger charge is 2.10. The molecule has 0 aliphatic rings. The van der Waals surface area contributed by atoms with E-state index in [1.54, 1.807) is 6.20 Å². The van der Waals surface area contributed by atoms with Crippen LogP contribution < -0.4 is 5.73 Å². The molecule has 0 bridgehead atoms. The number of nitrogen functional groups attached to an aromatic ring is 1. The molecule has 124 valence electrons. The highest BCUT2D eigenvalue weighted by atomic mass is 16.5. The quantitative estimate of drug-likeness (QED) is 0.605. The van der Waals surface area contributed by atoms with Crippen molar-refractivity contribution in [1.29, 1.82) is 0 Å². The first-order chi connectivity index (χ1) is 12.3. The maximum atomic E-state index is 5.89. The number of rotatable bonds is 5. The lowest BCUT2D eigenvalue weighted by Crippen LogP contribution is -1.96. The molecule has 2 N–H and O–H groups in total. The van der Waals surface area contributed by atoms with E-state index in [0.717, 1.165) is 17.8 Å². The van der Waals surface area contributed by atoms with Gasteiger partial charge in [0, 0.05) is 37.6 Å². The molecule has 25 heavy (non-hydrogen) atoms. The van der Waals surface area contributed by atoms with Gasteiger partial charge in [0.05, 0.1) is 11.3 Å². The maximum Gasteiger partial charge on any atom is 0.170 e. The van der Waals surface area contributed by atoms with Crippen molar-refractivity contribution < 1.29 is 4.52 Å². The van der Waals surface area contributed by atoms with Crippen LogP contribution in [0.4, 0.5) is 5.82 Å². The van der Waals surface area contributed by atoms with Crippen LogP contribution in [0.15, 0.2) is 77.7 Å². The third-order valence-corrected chi connectivity index (χ3v) is 4.10. The van der Waals surface area contributed by atoms with Crippen molar-refractivity contribution in [2.75, 3.05) is 5.73 Å². The Morgan fingerprint density at radius 3 is 2.48 bits per heavy atom. The zero-order valence-electron chi connectivity index (χ0n) is 13.7. The van der Waals surface area contributed by atoms with Crippen LogP contribution in [0, 0.1) is 0 Å². The Bertz CT molecular complexity index is 956. The van der Waals surface area contributed by atoms with Crippen LogP contribution in [0.5, 0.6) is 0 Å². The summed E-state index contributed by atoms with van der Waals surface area (Å²) in [6.07, 6.45) is 6.50. The summed E-state index contributed by atoms with van der Waals surface area (Å²) in [5, 5.41) is 4.15. The second-order valence-corrected chi connectivity index (χ2v) is 5.97. The van der Waals surface area contributed by atoms with Crippen molar-refractivity contribution >= 4 is 5.82 Å². The molecule has 3 aromatic heterocycles. The molecule has 3 heterocycles. The zero-order valence-corrected chi connectivity index (χ0v) is 13.7. The van der Waals surface area contributed by atoms with Gasteiger partial charge in [-0.25, -0.2) is 4.98 Å². The summed E-state index contributed by atoms with van der Waals surface area (Å²) in [6, 6.07) is 18.3. The first kappa shape index (κ1) is 15.2. The van der Waals surface area contributed by atoms with Crippen LogP contribution in [0.1, 0.15) is 16.8 Å². The molecule has 0 radical (unpaired) electrons. The van der Waals surface area contributed by atoms with Crippen LogP contribution >= 0.6 is 0 Å². The number of hydrogen-bond acceptors (Lipinski definition) is 4. The molecule has 4 aromatic rings. The first-order valence-electron chi connectivity index (χ1n) is 8.13. The minimum absolute atomic E-state index is 0.444. The van der Waals surface area contributed by atoms with Gasteiger partial charge in [0.2, 0.25) is 0 Å². The molecule has 0 spiro atoms. The summed E-state index contributed by atoms with van der Waals surface area (Å²) >= 11 is 0. The topological polar surface area (TPSA) is 69.9 Å². The average Bonchev–Trinajstić information content (AvgIpc) is 3.29. The van der Waals surface area contributed by atoms with Crippen LogP contribution in [-0.4, -0.2) is 14.7 Å². The van der Waals surface area contributed by atoms with Gasteiger partial charge in [-0.1, -0.05) is 29.4 Å². The molecule has 0 saturated heterocycles. The molecule has 0 aliphatic heterocycles. The summed E-state index contributed by atoms with van der Waals surface area (Å²) in [4.78, 5) is 4.08. The Kier molecular flexibility index (Phi) is 4.04. The lowest BCUT2D eigenvalue weighted by atomic mass is 10.1. The fourth-order valence-electron chi connectivity index (χ4n) is 2.81. The Hall–Kier alpha value is -3.34. The predicted molar refractivity (Wildman–Crippen MR) is 96.9 cm³/mol. The van der Waals surface area contributed by atoms with E-state index in [4.69, 9.17) is 10.3 Å². The number of aromatic nitrogens is 3. The molecule has 5 heteroatoms. The van der Waals surface area contributed by atoms with Crippen molar-refractivity contribution in [2.45, 2.75) is 13.0 Å². The van der Waals surface area contributed by atoms with E-state index in [0.29, 0.717) is 18.0 Å². The Balaban J connectivity index is 1.47. The van der Waals surface area contributed by atoms with Gasteiger partial charge in [-0.2, -0.15) is 0 Å². The second kappa shape index (κ2) is 6.65. The third-order valence-electron chi connectivity index (χ3n) is 4.10. The highest BCUT2D eigenvalue weighted by Crippen LogP contribution is 2.25. The second-order valence-electron chi connectivity index (χ2n) is 5.97. The van der Waals surface area contributed by atoms with Crippen molar-refractivity contribution in [3.8, 4) is 11.3 Å². The van der Waals surface area contributed by atoms with Crippen LogP contribution in [0.25, 0.3) is 11.3 Å². The number of nitrogens with zero attached hydrogens (tertiary/aromatic N) is 3. The van der Waals surface area contributed by atoms with Gasteiger partial charge in [-0.3, -0.25) is 0 Å². The Morgan fingerprint density at radius 2 is 1.72 bits per heavy atom. The predicted octanol–water partition coefficient (Wildman–Crippen LogP) is 3.76. The minimum atomic E-state index is 0.444. The maximum absolute atomic E-state index is 5.89. The molecule has 5 nitrogen and oxygen atoms in total. The molecule has 0 unspecified atom stereocenters. The molecule has 1 aromatic carbocycles. The van der Waals surface area contributed by atoms with Crippen molar-refractivity contribution in [3.05, 3.63) is 90.0 Å². The van der Waals surface area contributed by atoms with Crippen molar-refractivity contribution in [2.24, 2.45) is 0 Å². The number of hydrogen-bond donors (Lipinski definition) is 1. The van der Waals surface area contributed by atoms with Gasteiger partial charge in [-0.05, 0) is 35.4 Å². The van der Waals surface area contributed by atoms with E-state index in [1.165, 1.54) is 11.1 Å². The van der Waals surface area contributed by atoms with E-state index in [9.17, 15) is 0 Å². The van der Waals surface area contributed by atoms with Gasteiger partial charge >= 0.3 is 0 Å². The van der Waals surface area contributed by atoms with Crippen molar-refractivity contribution in [3.63, 3.8) is 0 Å². The monoisotopic (exact) mass is 330 g/mol. The SMILES string of the molecule is Nc1ncccc1-c1cc(Cc2ccc(Cn3cccc3)cc2)no1. The smallest absolute Gasteiger partial charge is 0.170 e. The standard InChI is InChI=1S/C20H18N4O/c21-20-18(4-3-9-22-20)19-13-17(23-25-19)12-15-5-7-16(8-6-15)14-24-10-1-2-11-24/h1-11,13H,12,14H2,(H2,21,22). The first-order valence-corrected chi connectivity index (χ1v) is 8.13. The number of nitrogens with two attached hydrogens (primary N) is 1. The summed E-state index contributed by atoms with van der Waals surface area (Å²) in [7, 11) is 0. The van der Waals surface area contributed by atoms with E-state index < -0.39 is 0 Å². The molecule has 0 fully saturated rings. The highest BCUT2D eigenvalue weighted by molar-refractivity contribution is 5.69. The van der Waals surface area contributed by atoms with Crippen LogP contribution in [-0.2, 0) is 13.0 Å². The van der Waals surface area contributed by atoms with Gasteiger partial charge in [-0.15, -0.1) is 0 Å². The van der Waals surface area contributed by atoms with E-state index in [1.807, 2.05) is 30.3 Å². The summed E-state index contributed by atoms with van der Waals surface area (Å²) in [5.41, 5.74) is 9.98. The third kappa shape index (κ3) is 3.45. The molecular formula is C20H18N4O. The average molecular weight is 330 g/mol. The van der Waals surface area contributed by atoms with Crippen molar-refractivity contribution in [1.82, 2.24) is 14.7 Å². The minimum Gasteiger partial charge on any atom is -0.383 e. The van der Waals surface area contributed by atoms with Gasteiger partial charge < -0.3 is 14.8 Å². The van der Waals surface area contributed by atoms with E-state index in [-0.39, 0.29) is 0 Å². The lowest BCUT2D eigenvalue weighted by Gasteiger charge is -2.04. The lowest BCUT2D eigenvalue weighted by molar-refractivity contribution is 0.425. The van der Waals surface area contributed by atoms with Crippen LogP contribution in [0.2, 0.25) is 0 Å². The van der Waals surface area contributed by atoms with Gasteiger partial charge in [0.15, 0.2) is 5.76 Å². The van der Waals surface area contributed by atoms with Gasteiger partial charge in [0.25, 0.3) is 0 Å². The number of anilines is 1. The summed E-state index contributed by atoms with van der Waals surface area (Å²) in [6.45, 7) is 0.877. The number of benzene rings is 1. The molecule has 0 saturated carbocycles. The van der Waals surface area contributed by atoms with E-state index >= 15 is 0 Å². The molecule has 0 amide bonds. The van der Waals surface area contributed by atoms with Gasteiger partial charge in [0.1, 0.15) is 5.82 Å². The molecular weight excluding hydrogens is 312 g/mol. The molecule has 4 rings (SSSR count). The fourth-order valence-corrected chi connectivity index (χ4v) is 2.81. The number of pyridine rings is 1. The van der Waals surface area contributed by atoms with E-state index in [2.05, 4.69) is 51.4 Å². The summed E-state index contributed by atoms with van der Waals surface area (Å²) < 4.78 is 7.57. The Labute approximate surface area is 145 Å². The molecule has 0 aliphatic carbocycles.